The van der Waals surface area contributed by atoms with E-state index >= 15 is 0 Å². The third-order valence-electron chi connectivity index (χ3n) is 3.71. The SMILES string of the molecule is COc1cc(C=C2N=C(c3ccccc3OC(F)F)OC2=O)cc(Cl)c1OC. The summed E-state index contributed by atoms with van der Waals surface area (Å²) in [6.07, 6.45) is 1.43. The molecule has 1 aliphatic heterocycles. The molecule has 0 atom stereocenters. The van der Waals surface area contributed by atoms with Crippen molar-refractivity contribution in [3.8, 4) is 17.2 Å². The van der Waals surface area contributed by atoms with Gasteiger partial charge in [-0.2, -0.15) is 8.78 Å². The van der Waals surface area contributed by atoms with Crippen LogP contribution in [0.3, 0.4) is 0 Å². The highest BCUT2D eigenvalue weighted by molar-refractivity contribution is 6.32. The lowest BCUT2D eigenvalue weighted by atomic mass is 10.1. The van der Waals surface area contributed by atoms with Gasteiger partial charge in [0, 0.05) is 0 Å². The number of hydrogen-bond donors (Lipinski definition) is 0. The molecule has 2 aromatic rings. The fraction of sp³-hybridized carbons (Fsp3) is 0.158. The summed E-state index contributed by atoms with van der Waals surface area (Å²) in [5, 5.41) is 0.278. The number of rotatable bonds is 6. The molecule has 0 saturated carbocycles. The van der Waals surface area contributed by atoms with E-state index in [0.29, 0.717) is 17.1 Å². The van der Waals surface area contributed by atoms with Crippen molar-refractivity contribution in [3.05, 3.63) is 58.2 Å². The molecule has 0 bridgehead atoms. The van der Waals surface area contributed by atoms with Crippen LogP contribution in [0.5, 0.6) is 17.2 Å². The van der Waals surface area contributed by atoms with Crippen LogP contribution in [-0.2, 0) is 9.53 Å². The highest BCUT2D eigenvalue weighted by Crippen LogP contribution is 2.37. The first kappa shape index (κ1) is 19.6. The zero-order chi connectivity index (χ0) is 20.3. The molecule has 6 nitrogen and oxygen atoms in total. The number of cyclic esters (lactones) is 1. The van der Waals surface area contributed by atoms with E-state index in [9.17, 15) is 13.6 Å². The van der Waals surface area contributed by atoms with Crippen molar-refractivity contribution in [3.63, 3.8) is 0 Å². The molecule has 2 aromatic carbocycles. The molecule has 1 heterocycles. The average molecular weight is 410 g/mol. The molecule has 28 heavy (non-hydrogen) atoms. The van der Waals surface area contributed by atoms with Gasteiger partial charge in [-0.25, -0.2) is 9.79 Å². The Morgan fingerprint density at radius 1 is 1.14 bits per heavy atom. The van der Waals surface area contributed by atoms with Gasteiger partial charge >= 0.3 is 12.6 Å². The van der Waals surface area contributed by atoms with Crippen molar-refractivity contribution >= 4 is 29.5 Å². The Hall–Kier alpha value is -3.13. The topological polar surface area (TPSA) is 66.3 Å². The summed E-state index contributed by atoms with van der Waals surface area (Å²) in [5.41, 5.74) is 0.603. The van der Waals surface area contributed by atoms with Gasteiger partial charge in [0.1, 0.15) is 5.75 Å². The van der Waals surface area contributed by atoms with E-state index in [1.807, 2.05) is 0 Å². The summed E-state index contributed by atoms with van der Waals surface area (Å²) < 4.78 is 45.1. The third kappa shape index (κ3) is 4.07. The molecule has 0 aromatic heterocycles. The Bertz CT molecular complexity index is 975. The Kier molecular flexibility index (Phi) is 5.79. The van der Waals surface area contributed by atoms with Gasteiger partial charge in [-0.05, 0) is 35.9 Å². The maximum atomic E-state index is 12.6. The molecule has 0 saturated heterocycles. The number of nitrogens with zero attached hydrogens (tertiary/aromatic N) is 1. The summed E-state index contributed by atoms with van der Waals surface area (Å²) >= 11 is 6.16. The molecule has 0 radical (unpaired) electrons. The first-order valence-corrected chi connectivity index (χ1v) is 8.29. The molecular weight excluding hydrogens is 396 g/mol. The van der Waals surface area contributed by atoms with E-state index in [4.69, 9.17) is 25.8 Å². The monoisotopic (exact) mass is 409 g/mol. The normalized spacial score (nSPS) is 14.9. The molecule has 3 rings (SSSR count). The number of alkyl halides is 2. The number of carbonyl (C=O) groups is 1. The highest BCUT2D eigenvalue weighted by atomic mass is 35.5. The molecular formula is C19H14ClF2NO5. The van der Waals surface area contributed by atoms with Crippen molar-refractivity contribution in [2.24, 2.45) is 4.99 Å². The standard InChI is InChI=1S/C19H14ClF2NO5/c1-25-15-9-10(7-12(20)16(15)26-2)8-13-18(24)28-17(23-13)11-5-3-4-6-14(11)27-19(21)22/h3-9,19H,1-2H3. The lowest BCUT2D eigenvalue weighted by Gasteiger charge is -2.10. The van der Waals surface area contributed by atoms with E-state index in [1.54, 1.807) is 18.2 Å². The minimum atomic E-state index is -3.03. The highest BCUT2D eigenvalue weighted by Gasteiger charge is 2.27. The molecule has 0 spiro atoms. The smallest absolute Gasteiger partial charge is 0.387 e. The number of esters is 1. The number of methoxy groups -OCH3 is 2. The van der Waals surface area contributed by atoms with E-state index in [2.05, 4.69) is 9.73 Å². The average Bonchev–Trinajstić information content (AvgIpc) is 3.01. The van der Waals surface area contributed by atoms with Crippen LogP contribution < -0.4 is 14.2 Å². The summed E-state index contributed by atoms with van der Waals surface area (Å²) in [7, 11) is 2.90. The molecule has 146 valence electrons. The van der Waals surface area contributed by atoms with Crippen LogP contribution >= 0.6 is 11.6 Å². The minimum Gasteiger partial charge on any atom is -0.493 e. The van der Waals surface area contributed by atoms with Crippen LogP contribution in [0.25, 0.3) is 6.08 Å². The number of ether oxygens (including phenoxy) is 4. The third-order valence-corrected chi connectivity index (χ3v) is 3.99. The maximum Gasteiger partial charge on any atom is 0.387 e. The van der Waals surface area contributed by atoms with Gasteiger partial charge in [-0.3, -0.25) is 0 Å². The Morgan fingerprint density at radius 3 is 2.57 bits per heavy atom. The molecule has 0 unspecified atom stereocenters. The van der Waals surface area contributed by atoms with Crippen molar-refractivity contribution in [1.82, 2.24) is 0 Å². The van der Waals surface area contributed by atoms with Crippen LogP contribution in [0.2, 0.25) is 5.02 Å². The second-order valence-electron chi connectivity index (χ2n) is 5.45. The molecule has 1 aliphatic rings. The molecule has 0 aliphatic carbocycles. The number of carbonyl (C=O) groups excluding carboxylic acids is 1. The Balaban J connectivity index is 1.98. The summed E-state index contributed by atoms with van der Waals surface area (Å²) in [5.74, 6) is -0.318. The fourth-order valence-corrected chi connectivity index (χ4v) is 2.84. The van der Waals surface area contributed by atoms with Gasteiger partial charge in [0.2, 0.25) is 5.90 Å². The van der Waals surface area contributed by atoms with Gasteiger partial charge in [0.05, 0.1) is 24.8 Å². The van der Waals surface area contributed by atoms with Crippen LogP contribution in [-0.4, -0.2) is 32.7 Å². The van der Waals surface area contributed by atoms with Crippen LogP contribution in [0.1, 0.15) is 11.1 Å². The Labute approximate surface area is 163 Å². The number of para-hydroxylation sites is 1. The molecule has 9 heteroatoms. The maximum absolute atomic E-state index is 12.6. The fourth-order valence-electron chi connectivity index (χ4n) is 2.55. The number of aliphatic imine (C=N–C) groups is 1. The Morgan fingerprint density at radius 2 is 1.89 bits per heavy atom. The van der Waals surface area contributed by atoms with E-state index < -0.39 is 12.6 Å². The van der Waals surface area contributed by atoms with Gasteiger partial charge < -0.3 is 18.9 Å². The van der Waals surface area contributed by atoms with E-state index in [1.165, 1.54) is 38.5 Å². The number of halogens is 3. The zero-order valence-electron chi connectivity index (χ0n) is 14.7. The summed E-state index contributed by atoms with van der Waals surface area (Å²) in [4.78, 5) is 16.3. The van der Waals surface area contributed by atoms with Crippen LogP contribution in [0.4, 0.5) is 8.78 Å². The summed E-state index contributed by atoms with van der Waals surface area (Å²) in [6, 6.07) is 9.05. The van der Waals surface area contributed by atoms with Crippen molar-refractivity contribution < 1.29 is 32.5 Å². The lowest BCUT2D eigenvalue weighted by molar-refractivity contribution is -0.129. The molecule has 0 amide bonds. The van der Waals surface area contributed by atoms with Crippen molar-refractivity contribution in [2.75, 3.05) is 14.2 Å². The molecule has 0 N–H and O–H groups in total. The quantitative estimate of drug-likeness (QED) is 0.525. The number of benzene rings is 2. The van der Waals surface area contributed by atoms with E-state index in [0.717, 1.165) is 0 Å². The van der Waals surface area contributed by atoms with Crippen molar-refractivity contribution in [2.45, 2.75) is 6.61 Å². The largest absolute Gasteiger partial charge is 0.493 e. The molecule has 0 fully saturated rings. The summed E-state index contributed by atoms with van der Waals surface area (Å²) in [6.45, 7) is -3.03. The first-order chi connectivity index (χ1) is 13.4. The minimum absolute atomic E-state index is 0.0369. The second kappa shape index (κ2) is 8.26. The van der Waals surface area contributed by atoms with Gasteiger partial charge in [-0.1, -0.05) is 23.7 Å². The predicted molar refractivity (Wildman–Crippen MR) is 98.2 cm³/mol. The van der Waals surface area contributed by atoms with Gasteiger partial charge in [0.15, 0.2) is 17.2 Å². The lowest BCUT2D eigenvalue weighted by Crippen LogP contribution is -2.10. The predicted octanol–water partition coefficient (Wildman–Crippen LogP) is 4.30. The van der Waals surface area contributed by atoms with Gasteiger partial charge in [-0.15, -0.1) is 0 Å². The van der Waals surface area contributed by atoms with E-state index in [-0.39, 0.29) is 27.9 Å². The number of hydrogen-bond acceptors (Lipinski definition) is 6. The zero-order valence-corrected chi connectivity index (χ0v) is 15.5. The van der Waals surface area contributed by atoms with Crippen LogP contribution in [0, 0.1) is 0 Å². The first-order valence-electron chi connectivity index (χ1n) is 7.91. The second-order valence-corrected chi connectivity index (χ2v) is 5.86. The van der Waals surface area contributed by atoms with Crippen LogP contribution in [0.15, 0.2) is 47.1 Å². The van der Waals surface area contributed by atoms with Gasteiger partial charge in [0.25, 0.3) is 0 Å². The van der Waals surface area contributed by atoms with Crippen molar-refractivity contribution in [1.29, 1.82) is 0 Å².